The lowest BCUT2D eigenvalue weighted by Gasteiger charge is -2.21. The van der Waals surface area contributed by atoms with Crippen molar-refractivity contribution in [2.45, 2.75) is 33.1 Å². The molecule has 0 unspecified atom stereocenters. The van der Waals surface area contributed by atoms with Crippen molar-refractivity contribution in [3.05, 3.63) is 29.3 Å². The Bertz CT molecular complexity index is 497. The number of amides is 2. The minimum atomic E-state index is -0.00192. The van der Waals surface area contributed by atoms with Gasteiger partial charge in [0.1, 0.15) is 0 Å². The van der Waals surface area contributed by atoms with Gasteiger partial charge in [-0.1, -0.05) is 19.4 Å². The number of benzene rings is 1. The van der Waals surface area contributed by atoms with E-state index in [0.717, 1.165) is 30.6 Å². The molecular formula is C15H20N2O2. The second-order valence-corrected chi connectivity index (χ2v) is 4.84. The lowest BCUT2D eigenvalue weighted by atomic mass is 10.1. The molecule has 0 fully saturated rings. The maximum Gasteiger partial charge on any atom is 0.253 e. The first-order chi connectivity index (χ1) is 9.15. The van der Waals surface area contributed by atoms with Crippen LogP contribution in [0.25, 0.3) is 0 Å². The zero-order chi connectivity index (χ0) is 13.8. The molecule has 1 heterocycles. The Balaban J connectivity index is 2.15. The SMILES string of the molecule is CCCCN(CC)C(=O)c1ccc2c(c1)NC(=O)C2. The van der Waals surface area contributed by atoms with Crippen molar-refractivity contribution in [3.8, 4) is 0 Å². The van der Waals surface area contributed by atoms with Crippen LogP contribution in [0.15, 0.2) is 18.2 Å². The molecule has 0 saturated carbocycles. The Morgan fingerprint density at radius 1 is 1.37 bits per heavy atom. The van der Waals surface area contributed by atoms with E-state index in [1.807, 2.05) is 24.0 Å². The molecule has 1 aromatic rings. The largest absolute Gasteiger partial charge is 0.339 e. The van der Waals surface area contributed by atoms with Crippen LogP contribution in [0.5, 0.6) is 0 Å². The third kappa shape index (κ3) is 2.95. The second kappa shape index (κ2) is 5.87. The number of hydrogen-bond donors (Lipinski definition) is 1. The predicted molar refractivity (Wildman–Crippen MR) is 75.3 cm³/mol. The van der Waals surface area contributed by atoms with Crippen LogP contribution in [0.1, 0.15) is 42.6 Å². The summed E-state index contributed by atoms with van der Waals surface area (Å²) in [4.78, 5) is 25.5. The van der Waals surface area contributed by atoms with Gasteiger partial charge >= 0.3 is 0 Å². The van der Waals surface area contributed by atoms with E-state index in [2.05, 4.69) is 12.2 Å². The molecule has 0 spiro atoms. The van der Waals surface area contributed by atoms with Crippen molar-refractivity contribution in [1.29, 1.82) is 0 Å². The lowest BCUT2D eigenvalue weighted by molar-refractivity contribution is -0.115. The van der Waals surface area contributed by atoms with Gasteiger partial charge in [0.25, 0.3) is 5.91 Å². The van der Waals surface area contributed by atoms with Gasteiger partial charge in [0.2, 0.25) is 5.91 Å². The molecule has 19 heavy (non-hydrogen) atoms. The van der Waals surface area contributed by atoms with Crippen LogP contribution in [-0.4, -0.2) is 29.8 Å². The molecule has 0 radical (unpaired) electrons. The van der Waals surface area contributed by atoms with Crippen molar-refractivity contribution < 1.29 is 9.59 Å². The van der Waals surface area contributed by atoms with E-state index in [0.29, 0.717) is 18.5 Å². The van der Waals surface area contributed by atoms with Gasteiger partial charge in [-0.15, -0.1) is 0 Å². The fourth-order valence-corrected chi connectivity index (χ4v) is 2.28. The fraction of sp³-hybridized carbons (Fsp3) is 0.467. The first kappa shape index (κ1) is 13.6. The zero-order valence-corrected chi connectivity index (χ0v) is 11.5. The Morgan fingerprint density at radius 2 is 2.16 bits per heavy atom. The molecule has 4 heteroatoms. The van der Waals surface area contributed by atoms with Crippen LogP contribution in [0.4, 0.5) is 5.69 Å². The van der Waals surface area contributed by atoms with Crippen molar-refractivity contribution in [2.24, 2.45) is 0 Å². The summed E-state index contributed by atoms with van der Waals surface area (Å²) in [5.74, 6) is 0.0397. The number of rotatable bonds is 5. The average molecular weight is 260 g/mol. The van der Waals surface area contributed by atoms with Crippen LogP contribution in [-0.2, 0) is 11.2 Å². The molecular weight excluding hydrogens is 240 g/mol. The lowest BCUT2D eigenvalue weighted by Crippen LogP contribution is -2.31. The van der Waals surface area contributed by atoms with Crippen LogP contribution >= 0.6 is 0 Å². The Morgan fingerprint density at radius 3 is 2.84 bits per heavy atom. The van der Waals surface area contributed by atoms with Gasteiger partial charge in [-0.25, -0.2) is 0 Å². The quantitative estimate of drug-likeness (QED) is 0.884. The molecule has 1 aliphatic heterocycles. The molecule has 0 aromatic heterocycles. The maximum atomic E-state index is 12.4. The number of carbonyl (C=O) groups excluding carboxylic acids is 2. The number of nitrogens with zero attached hydrogens (tertiary/aromatic N) is 1. The Labute approximate surface area is 113 Å². The van der Waals surface area contributed by atoms with Crippen LogP contribution < -0.4 is 5.32 Å². The van der Waals surface area contributed by atoms with E-state index in [1.54, 1.807) is 6.07 Å². The van der Waals surface area contributed by atoms with E-state index >= 15 is 0 Å². The van der Waals surface area contributed by atoms with Crippen LogP contribution in [0.3, 0.4) is 0 Å². The third-order valence-electron chi connectivity index (χ3n) is 3.43. The minimum Gasteiger partial charge on any atom is -0.339 e. The van der Waals surface area contributed by atoms with E-state index in [1.165, 1.54) is 0 Å². The fourth-order valence-electron chi connectivity index (χ4n) is 2.28. The second-order valence-electron chi connectivity index (χ2n) is 4.84. The average Bonchev–Trinajstić information content (AvgIpc) is 2.78. The van der Waals surface area contributed by atoms with E-state index in [-0.39, 0.29) is 11.8 Å². The van der Waals surface area contributed by atoms with E-state index < -0.39 is 0 Å². The summed E-state index contributed by atoms with van der Waals surface area (Å²) in [6, 6.07) is 5.47. The summed E-state index contributed by atoms with van der Waals surface area (Å²) in [6.07, 6.45) is 2.50. The number of anilines is 1. The van der Waals surface area contributed by atoms with Gasteiger partial charge in [0.15, 0.2) is 0 Å². The highest BCUT2D eigenvalue weighted by molar-refractivity contribution is 6.02. The topological polar surface area (TPSA) is 49.4 Å². The summed E-state index contributed by atoms with van der Waals surface area (Å²) >= 11 is 0. The molecule has 0 bridgehead atoms. The number of fused-ring (bicyclic) bond motifs is 1. The molecule has 0 aliphatic carbocycles. The molecule has 102 valence electrons. The van der Waals surface area contributed by atoms with Crippen molar-refractivity contribution in [3.63, 3.8) is 0 Å². The van der Waals surface area contributed by atoms with Gasteiger partial charge in [0.05, 0.1) is 6.42 Å². The number of unbranched alkanes of at least 4 members (excludes halogenated alkanes) is 1. The first-order valence-electron chi connectivity index (χ1n) is 6.87. The molecule has 0 saturated heterocycles. The number of nitrogens with one attached hydrogen (secondary N) is 1. The number of carbonyl (C=O) groups is 2. The van der Waals surface area contributed by atoms with E-state index in [9.17, 15) is 9.59 Å². The standard InChI is InChI=1S/C15H20N2O2/c1-3-5-8-17(4-2)15(19)12-7-6-11-10-14(18)16-13(11)9-12/h6-7,9H,3-5,8,10H2,1-2H3,(H,16,18). The molecule has 4 nitrogen and oxygen atoms in total. The van der Waals surface area contributed by atoms with Gasteiger partial charge in [0, 0.05) is 24.3 Å². The van der Waals surface area contributed by atoms with Crippen LogP contribution in [0.2, 0.25) is 0 Å². The summed E-state index contributed by atoms with van der Waals surface area (Å²) in [6.45, 7) is 5.60. The maximum absolute atomic E-state index is 12.4. The highest BCUT2D eigenvalue weighted by atomic mass is 16.2. The molecule has 1 aromatic carbocycles. The summed E-state index contributed by atoms with van der Waals surface area (Å²) in [5.41, 5.74) is 2.40. The summed E-state index contributed by atoms with van der Waals surface area (Å²) in [7, 11) is 0. The van der Waals surface area contributed by atoms with Crippen molar-refractivity contribution in [2.75, 3.05) is 18.4 Å². The normalized spacial score (nSPS) is 13.1. The Kier molecular flexibility index (Phi) is 4.20. The third-order valence-corrected chi connectivity index (χ3v) is 3.43. The molecule has 0 atom stereocenters. The van der Waals surface area contributed by atoms with Gasteiger partial charge in [-0.2, -0.15) is 0 Å². The molecule has 2 rings (SSSR count). The monoisotopic (exact) mass is 260 g/mol. The first-order valence-corrected chi connectivity index (χ1v) is 6.87. The van der Waals surface area contributed by atoms with Crippen molar-refractivity contribution >= 4 is 17.5 Å². The van der Waals surface area contributed by atoms with Crippen LogP contribution in [0, 0.1) is 0 Å². The zero-order valence-electron chi connectivity index (χ0n) is 11.5. The summed E-state index contributed by atoms with van der Waals surface area (Å²) < 4.78 is 0. The van der Waals surface area contributed by atoms with Gasteiger partial charge in [-0.05, 0) is 31.0 Å². The van der Waals surface area contributed by atoms with Gasteiger partial charge in [-0.3, -0.25) is 9.59 Å². The Hall–Kier alpha value is -1.84. The molecule has 1 N–H and O–H groups in total. The van der Waals surface area contributed by atoms with Gasteiger partial charge < -0.3 is 10.2 Å². The van der Waals surface area contributed by atoms with E-state index in [4.69, 9.17) is 0 Å². The number of hydrogen-bond acceptors (Lipinski definition) is 2. The summed E-state index contributed by atoms with van der Waals surface area (Å²) in [5, 5.41) is 2.78. The predicted octanol–water partition coefficient (Wildman–Crippen LogP) is 2.44. The highest BCUT2D eigenvalue weighted by Gasteiger charge is 2.20. The highest BCUT2D eigenvalue weighted by Crippen LogP contribution is 2.24. The van der Waals surface area contributed by atoms with Crippen molar-refractivity contribution in [1.82, 2.24) is 4.90 Å². The minimum absolute atomic E-state index is 0.00192. The smallest absolute Gasteiger partial charge is 0.253 e. The molecule has 2 amide bonds. The molecule has 1 aliphatic rings.